The molecule has 0 saturated heterocycles. The summed E-state index contributed by atoms with van der Waals surface area (Å²) in [6, 6.07) is 0. The Balaban J connectivity index is -0.00000000450. The van der Waals surface area contributed by atoms with E-state index in [2.05, 4.69) is 17.4 Å². The van der Waals surface area contributed by atoms with Gasteiger partial charge in [-0.2, -0.15) is 0 Å². The summed E-state index contributed by atoms with van der Waals surface area (Å²) in [7, 11) is 0. The summed E-state index contributed by atoms with van der Waals surface area (Å²) in [5.74, 6) is 6.92. The van der Waals surface area contributed by atoms with Crippen LogP contribution in [-0.4, -0.2) is 14.1 Å². The minimum absolute atomic E-state index is 0. The summed E-state index contributed by atoms with van der Waals surface area (Å²) in [6.07, 6.45) is 0. The molecule has 0 N–H and O–H groups in total. The maximum atomic E-state index is 2.31. The van der Waals surface area contributed by atoms with E-state index in [4.69, 9.17) is 0 Å². The van der Waals surface area contributed by atoms with Crippen LogP contribution in [0, 0.1) is 0 Å². The summed E-state index contributed by atoms with van der Waals surface area (Å²) in [5, 5.41) is 0. The number of halogens is 4. The Bertz CT molecular complexity index is 20.5. The van der Waals surface area contributed by atoms with Gasteiger partial charge in [-0.05, 0) is 0 Å². The second-order valence-corrected chi connectivity index (χ2v) is 5.20. The molecule has 0 aliphatic heterocycles. The van der Waals surface area contributed by atoms with Gasteiger partial charge in [0, 0.05) is 0 Å². The van der Waals surface area contributed by atoms with Crippen molar-refractivity contribution in [1.82, 2.24) is 0 Å². The first-order valence-electron chi connectivity index (χ1n) is 1.73. The van der Waals surface area contributed by atoms with E-state index < -0.39 is 0 Å². The van der Waals surface area contributed by atoms with Crippen molar-refractivity contribution in [3.05, 3.63) is 0 Å². The Morgan fingerprint density at radius 2 is 0.667 bits per heavy atom. The molecular weight excluding hydrogens is 253 g/mol. The molecule has 0 rings (SSSR count). The van der Waals surface area contributed by atoms with Gasteiger partial charge in [-0.1, -0.05) is 0 Å². The first-order valence-corrected chi connectivity index (χ1v) is 5.20. The minimum atomic E-state index is -0.139. The zero-order valence-corrected chi connectivity index (χ0v) is 11.3. The van der Waals surface area contributed by atoms with Gasteiger partial charge >= 0.3 is 21.7 Å². The third-order valence-electron chi connectivity index (χ3n) is 0. The zero-order chi connectivity index (χ0) is 3.58. The van der Waals surface area contributed by atoms with Gasteiger partial charge in [0.25, 0.3) is 14.1 Å². The normalized spacial score (nSPS) is 3.00. The van der Waals surface area contributed by atoms with Crippen molar-refractivity contribution in [3.8, 4) is 0 Å². The molecule has 0 aromatic carbocycles. The number of hydrogen-bond donors (Lipinski definition) is 0. The van der Waals surface area contributed by atoms with Crippen molar-refractivity contribution < 1.29 is 71.3 Å². The molecule has 0 saturated carbocycles. The van der Waals surface area contributed by atoms with Crippen molar-refractivity contribution in [1.29, 1.82) is 0 Å². The van der Waals surface area contributed by atoms with Crippen LogP contribution in [0.25, 0.3) is 0 Å². The van der Waals surface area contributed by atoms with Crippen molar-refractivity contribution in [3.63, 3.8) is 0 Å². The monoisotopic (exact) mass is 260 g/mol. The van der Waals surface area contributed by atoms with Crippen LogP contribution in [0.2, 0.25) is 17.4 Å². The molecule has 0 unspecified atom stereocenters. The van der Waals surface area contributed by atoms with E-state index in [1.165, 1.54) is 0 Å². The topological polar surface area (TPSA) is 0 Å². The predicted molar refractivity (Wildman–Crippen MR) is 23.3 cm³/mol. The maximum Gasteiger partial charge on any atom is 4.00 e. The Kier molecular flexibility index (Phi) is 148. The van der Waals surface area contributed by atoms with Crippen LogP contribution >= 0.6 is 0 Å². The quantitative estimate of drug-likeness (QED) is 0.380. The van der Waals surface area contributed by atoms with Crippen molar-refractivity contribution in [2.45, 2.75) is 17.4 Å². The molecule has 0 spiro atoms. The van der Waals surface area contributed by atoms with Crippen LogP contribution in [0.15, 0.2) is 0 Å². The maximum absolute atomic E-state index is 2.31. The standard InChI is InChI=1S/3CH3.Al.4ClH.Ti/h3*1H3;;4*1H;/q;;;;;;;;+4/p-4. The van der Waals surface area contributed by atoms with Crippen LogP contribution in [0.5, 0.6) is 0 Å². The van der Waals surface area contributed by atoms with Crippen LogP contribution in [0.1, 0.15) is 0 Å². The van der Waals surface area contributed by atoms with Gasteiger partial charge in [0.2, 0.25) is 0 Å². The molecule has 0 aliphatic rings. The largest absolute Gasteiger partial charge is 4.00 e. The SMILES string of the molecule is [CH3][Al]([CH3])[CH3].[Cl-].[Cl-].[Cl-].[Cl-].[Ti+4]. The summed E-state index contributed by atoms with van der Waals surface area (Å²) in [5.41, 5.74) is 0. The van der Waals surface area contributed by atoms with Gasteiger partial charge < -0.3 is 49.6 Å². The summed E-state index contributed by atoms with van der Waals surface area (Å²) >= 11 is -0.139. The molecule has 56 valence electrons. The smallest absolute Gasteiger partial charge is 1.00 e. The van der Waals surface area contributed by atoms with Crippen LogP contribution in [0.4, 0.5) is 0 Å². The Morgan fingerprint density at radius 3 is 0.667 bits per heavy atom. The molecular formula is C3H9AlCl4Ti. The van der Waals surface area contributed by atoms with Gasteiger partial charge in [-0.25, -0.2) is 0 Å². The molecule has 0 atom stereocenters. The summed E-state index contributed by atoms with van der Waals surface area (Å²) in [6.45, 7) is 0. The Morgan fingerprint density at radius 1 is 0.667 bits per heavy atom. The van der Waals surface area contributed by atoms with E-state index in [1.807, 2.05) is 0 Å². The average Bonchev–Trinajstić information content (AvgIpc) is 0.811. The molecule has 0 aromatic rings. The van der Waals surface area contributed by atoms with E-state index in [9.17, 15) is 0 Å². The van der Waals surface area contributed by atoms with E-state index >= 15 is 0 Å². The fourth-order valence-corrected chi connectivity index (χ4v) is 0. The Labute approximate surface area is 102 Å². The third kappa shape index (κ3) is 127. The third-order valence-corrected chi connectivity index (χ3v) is 0. The van der Waals surface area contributed by atoms with Gasteiger partial charge in [-0.15, -0.1) is 17.4 Å². The fraction of sp³-hybridized carbons (Fsp3) is 1.00. The molecule has 9 heavy (non-hydrogen) atoms. The first-order chi connectivity index (χ1) is 1.73. The fourth-order valence-electron chi connectivity index (χ4n) is 0. The summed E-state index contributed by atoms with van der Waals surface area (Å²) in [4.78, 5) is 0. The summed E-state index contributed by atoms with van der Waals surface area (Å²) < 4.78 is 0. The van der Waals surface area contributed by atoms with E-state index in [0.717, 1.165) is 0 Å². The van der Waals surface area contributed by atoms with Gasteiger partial charge in [0.1, 0.15) is 0 Å². The van der Waals surface area contributed by atoms with Crippen molar-refractivity contribution in [2.75, 3.05) is 0 Å². The molecule has 0 fully saturated rings. The molecule has 0 nitrogen and oxygen atoms in total. The average molecular weight is 262 g/mol. The second-order valence-electron chi connectivity index (χ2n) is 1.73. The molecule has 0 bridgehead atoms. The molecule has 0 radical (unpaired) electrons. The number of hydrogen-bond acceptors (Lipinski definition) is 0. The van der Waals surface area contributed by atoms with Crippen molar-refractivity contribution in [2.24, 2.45) is 0 Å². The number of rotatable bonds is 0. The molecule has 6 heteroatoms. The predicted octanol–water partition coefficient (Wildman–Crippen LogP) is -10.6. The minimum Gasteiger partial charge on any atom is -1.00 e. The molecule has 0 aliphatic carbocycles. The van der Waals surface area contributed by atoms with Gasteiger partial charge in [0.15, 0.2) is 0 Å². The first kappa shape index (κ1) is 42.3. The van der Waals surface area contributed by atoms with E-state index in [-0.39, 0.29) is 85.5 Å². The zero-order valence-electron chi connectivity index (χ0n) is 5.59. The van der Waals surface area contributed by atoms with Crippen LogP contribution < -0.4 is 49.6 Å². The van der Waals surface area contributed by atoms with E-state index in [1.54, 1.807) is 0 Å². The van der Waals surface area contributed by atoms with Crippen molar-refractivity contribution >= 4 is 14.1 Å². The van der Waals surface area contributed by atoms with Gasteiger partial charge in [0.05, 0.1) is 0 Å². The van der Waals surface area contributed by atoms with E-state index in [0.29, 0.717) is 0 Å². The van der Waals surface area contributed by atoms with Crippen LogP contribution in [0.3, 0.4) is 0 Å². The second kappa shape index (κ2) is 31.5. The molecule has 0 amide bonds. The van der Waals surface area contributed by atoms with Crippen LogP contribution in [-0.2, 0) is 21.7 Å². The Hall–Kier alpha value is 2.41. The molecule has 0 heterocycles. The molecule has 0 aromatic heterocycles. The van der Waals surface area contributed by atoms with Gasteiger partial charge in [-0.3, -0.25) is 0 Å².